The Morgan fingerprint density at radius 2 is 2.04 bits per heavy atom. The van der Waals surface area contributed by atoms with Gasteiger partial charge in [-0.2, -0.15) is 5.10 Å². The number of benzene rings is 1. The lowest BCUT2D eigenvalue weighted by molar-refractivity contribution is 0.0578. The van der Waals surface area contributed by atoms with E-state index in [1.807, 2.05) is 0 Å². The molecule has 0 spiro atoms. The Bertz CT molecular complexity index is 826. The third-order valence-electron chi connectivity index (χ3n) is 3.83. The van der Waals surface area contributed by atoms with Crippen LogP contribution in [0.3, 0.4) is 0 Å². The maximum absolute atomic E-state index is 12.6. The predicted molar refractivity (Wildman–Crippen MR) is 94.3 cm³/mol. The molecule has 25 heavy (non-hydrogen) atoms. The Balaban J connectivity index is 2.07. The summed E-state index contributed by atoms with van der Waals surface area (Å²) in [6.07, 6.45) is 1.03. The number of aromatic nitrogens is 2. The van der Waals surface area contributed by atoms with Crippen molar-refractivity contribution in [2.24, 2.45) is 0 Å². The quantitative estimate of drug-likeness (QED) is 0.713. The fourth-order valence-electron chi connectivity index (χ4n) is 2.79. The van der Waals surface area contributed by atoms with E-state index in [1.165, 1.54) is 11.0 Å². The number of nitrogens with one attached hydrogen (secondary N) is 1. The summed E-state index contributed by atoms with van der Waals surface area (Å²) in [6, 6.07) is 2.57. The molecule has 2 heterocycles. The van der Waals surface area contributed by atoms with E-state index in [0.29, 0.717) is 23.5 Å². The van der Waals surface area contributed by atoms with Crippen LogP contribution in [0.1, 0.15) is 32.9 Å². The lowest BCUT2D eigenvalue weighted by Crippen LogP contribution is -2.39. The molecule has 7 nitrogen and oxygen atoms in total. The van der Waals surface area contributed by atoms with Crippen LogP contribution in [0.5, 0.6) is 11.5 Å². The number of hydrogen-bond donors (Lipinski definition) is 3. The van der Waals surface area contributed by atoms with E-state index in [0.717, 1.165) is 24.6 Å². The molecule has 2 aromatic rings. The van der Waals surface area contributed by atoms with Crippen molar-refractivity contribution in [2.45, 2.75) is 39.2 Å². The van der Waals surface area contributed by atoms with Crippen molar-refractivity contribution in [2.75, 3.05) is 11.4 Å². The van der Waals surface area contributed by atoms with Crippen LogP contribution in [-0.2, 0) is 11.2 Å². The Morgan fingerprint density at radius 3 is 2.72 bits per heavy atom. The molecule has 0 bridgehead atoms. The number of carbonyl (C=O) groups excluding carboxylic acids is 1. The third kappa shape index (κ3) is 3.37. The summed E-state index contributed by atoms with van der Waals surface area (Å²) in [4.78, 5) is 14.1. The average Bonchev–Trinajstić information content (AvgIpc) is 2.93. The van der Waals surface area contributed by atoms with E-state index >= 15 is 0 Å². The Labute approximate surface area is 150 Å². The van der Waals surface area contributed by atoms with Gasteiger partial charge < -0.3 is 14.9 Å². The summed E-state index contributed by atoms with van der Waals surface area (Å²) in [5, 5.41) is 27.1. The molecule has 8 heteroatoms. The molecule has 1 aliphatic heterocycles. The van der Waals surface area contributed by atoms with Gasteiger partial charge in [-0.15, -0.1) is 0 Å². The first-order valence-corrected chi connectivity index (χ1v) is 8.35. The number of anilines is 1. The molecule has 1 aliphatic rings. The molecule has 3 N–H and O–H groups in total. The zero-order valence-corrected chi connectivity index (χ0v) is 15.0. The second-order valence-electron chi connectivity index (χ2n) is 6.96. The number of phenols is 2. The number of aromatic hydroxyl groups is 2. The topological polar surface area (TPSA) is 98.7 Å². The van der Waals surface area contributed by atoms with Crippen LogP contribution in [0.4, 0.5) is 10.5 Å². The SMILES string of the molecule is CC(C)(C)OC(=O)N1CCCc2[nH]nc(-c3cc(Cl)c(O)cc3O)c21. The molecule has 1 aromatic heterocycles. The van der Waals surface area contributed by atoms with E-state index in [2.05, 4.69) is 10.2 Å². The van der Waals surface area contributed by atoms with Crippen LogP contribution < -0.4 is 4.90 Å². The van der Waals surface area contributed by atoms with Crippen molar-refractivity contribution in [3.63, 3.8) is 0 Å². The molecule has 0 radical (unpaired) electrons. The third-order valence-corrected chi connectivity index (χ3v) is 4.13. The molecular formula is C17H20ClN3O4. The minimum Gasteiger partial charge on any atom is -0.507 e. The molecule has 0 aliphatic carbocycles. The van der Waals surface area contributed by atoms with Gasteiger partial charge in [0.15, 0.2) is 0 Å². The molecule has 0 atom stereocenters. The van der Waals surface area contributed by atoms with Crippen LogP contribution in [-0.4, -0.2) is 38.6 Å². The molecule has 0 unspecified atom stereocenters. The standard InChI is InChI=1S/C17H20ClN3O4/c1-17(2,3)25-16(24)21-6-4-5-11-15(21)14(20-19-11)9-7-10(18)13(23)8-12(9)22/h7-8,22-23H,4-6H2,1-3H3,(H,19,20). The minimum absolute atomic E-state index is 0.0872. The van der Waals surface area contributed by atoms with Gasteiger partial charge in [-0.3, -0.25) is 10.00 Å². The Morgan fingerprint density at radius 1 is 1.32 bits per heavy atom. The number of hydrogen-bond acceptors (Lipinski definition) is 5. The fourth-order valence-corrected chi connectivity index (χ4v) is 2.95. The van der Waals surface area contributed by atoms with E-state index in [1.54, 1.807) is 20.8 Å². The van der Waals surface area contributed by atoms with Crippen molar-refractivity contribution < 1.29 is 19.7 Å². The summed E-state index contributed by atoms with van der Waals surface area (Å²) in [6.45, 7) is 5.90. The highest BCUT2D eigenvalue weighted by Gasteiger charge is 2.32. The van der Waals surface area contributed by atoms with Gasteiger partial charge in [0.2, 0.25) is 0 Å². The number of phenolic OH excluding ortho intramolecular Hbond substituents is 2. The van der Waals surface area contributed by atoms with Crippen LogP contribution in [0.25, 0.3) is 11.3 Å². The fraction of sp³-hybridized carbons (Fsp3) is 0.412. The average molecular weight is 366 g/mol. The van der Waals surface area contributed by atoms with Crippen LogP contribution in [0.15, 0.2) is 12.1 Å². The van der Waals surface area contributed by atoms with Crippen LogP contribution >= 0.6 is 11.6 Å². The lowest BCUT2D eigenvalue weighted by atomic mass is 10.0. The first kappa shape index (κ1) is 17.4. The monoisotopic (exact) mass is 365 g/mol. The Hall–Kier alpha value is -2.41. The van der Waals surface area contributed by atoms with Crippen LogP contribution in [0.2, 0.25) is 5.02 Å². The second kappa shape index (κ2) is 6.15. The Kier molecular flexibility index (Phi) is 4.28. The highest BCUT2D eigenvalue weighted by Crippen LogP contribution is 2.43. The number of amides is 1. The molecule has 0 saturated carbocycles. The molecule has 134 valence electrons. The van der Waals surface area contributed by atoms with Crippen molar-refractivity contribution in [3.8, 4) is 22.8 Å². The van der Waals surface area contributed by atoms with E-state index < -0.39 is 11.7 Å². The molecule has 0 fully saturated rings. The molecular weight excluding hydrogens is 346 g/mol. The largest absolute Gasteiger partial charge is 0.507 e. The first-order chi connectivity index (χ1) is 11.7. The van der Waals surface area contributed by atoms with Gasteiger partial charge >= 0.3 is 6.09 Å². The highest BCUT2D eigenvalue weighted by molar-refractivity contribution is 6.32. The maximum Gasteiger partial charge on any atom is 0.414 e. The molecule has 1 aromatic carbocycles. The second-order valence-corrected chi connectivity index (χ2v) is 7.36. The summed E-state index contributed by atoms with van der Waals surface area (Å²) in [5.74, 6) is -0.401. The van der Waals surface area contributed by atoms with Crippen molar-refractivity contribution in [3.05, 3.63) is 22.8 Å². The molecule has 0 saturated heterocycles. The smallest absolute Gasteiger partial charge is 0.414 e. The zero-order chi connectivity index (χ0) is 18.4. The van der Waals surface area contributed by atoms with Crippen molar-refractivity contribution >= 4 is 23.4 Å². The number of aromatic amines is 1. The van der Waals surface area contributed by atoms with Crippen molar-refractivity contribution in [1.82, 2.24) is 10.2 Å². The summed E-state index contributed by atoms with van der Waals surface area (Å²) < 4.78 is 5.48. The van der Waals surface area contributed by atoms with Gasteiger partial charge in [0.1, 0.15) is 22.8 Å². The molecule has 3 rings (SSSR count). The van der Waals surface area contributed by atoms with E-state index in [9.17, 15) is 15.0 Å². The number of rotatable bonds is 1. The minimum atomic E-state index is -0.622. The summed E-state index contributed by atoms with van der Waals surface area (Å²) in [5.41, 5.74) is 1.45. The van der Waals surface area contributed by atoms with Gasteiger partial charge in [0.05, 0.1) is 16.4 Å². The number of halogens is 1. The number of fused-ring (bicyclic) bond motifs is 1. The number of carbonyl (C=O) groups is 1. The van der Waals surface area contributed by atoms with Crippen LogP contribution in [0, 0.1) is 0 Å². The van der Waals surface area contributed by atoms with E-state index in [4.69, 9.17) is 16.3 Å². The number of ether oxygens (including phenoxy) is 1. The highest BCUT2D eigenvalue weighted by atomic mass is 35.5. The number of H-pyrrole nitrogens is 1. The summed E-state index contributed by atoms with van der Waals surface area (Å²) >= 11 is 5.97. The summed E-state index contributed by atoms with van der Waals surface area (Å²) in [7, 11) is 0. The maximum atomic E-state index is 12.6. The van der Waals surface area contributed by atoms with Crippen molar-refractivity contribution in [1.29, 1.82) is 0 Å². The predicted octanol–water partition coefficient (Wildman–Crippen LogP) is 3.83. The van der Waals surface area contributed by atoms with Gasteiger partial charge in [0.25, 0.3) is 0 Å². The van der Waals surface area contributed by atoms with E-state index in [-0.39, 0.29) is 16.5 Å². The normalized spacial score (nSPS) is 14.3. The number of nitrogens with zero attached hydrogens (tertiary/aromatic N) is 2. The van der Waals surface area contributed by atoms with Gasteiger partial charge in [-0.25, -0.2) is 4.79 Å². The van der Waals surface area contributed by atoms with Gasteiger partial charge in [0, 0.05) is 18.2 Å². The van der Waals surface area contributed by atoms with Gasteiger partial charge in [-0.05, 0) is 39.7 Å². The lowest BCUT2D eigenvalue weighted by Gasteiger charge is -2.30. The number of aryl methyl sites for hydroxylation is 1. The van der Waals surface area contributed by atoms with Gasteiger partial charge in [-0.1, -0.05) is 11.6 Å². The molecule has 1 amide bonds. The zero-order valence-electron chi connectivity index (χ0n) is 14.3. The first-order valence-electron chi connectivity index (χ1n) is 7.97.